The number of carbonyl (C=O) groups is 2. The normalized spacial score (nSPS) is 29.6. The third kappa shape index (κ3) is 22.5. The minimum Gasteiger partial charge on any atom is -0.462 e. The van der Waals surface area contributed by atoms with Crippen LogP contribution in [-0.4, -0.2) is 68.9 Å². The molecule has 5 heteroatoms. The second-order valence-electron chi connectivity index (χ2n) is 28.9. The van der Waals surface area contributed by atoms with Crippen molar-refractivity contribution in [1.82, 2.24) is 9.80 Å². The maximum absolute atomic E-state index is 13.1. The van der Waals surface area contributed by atoms with Crippen molar-refractivity contribution in [3.63, 3.8) is 0 Å². The zero-order valence-corrected chi connectivity index (χ0v) is 53.4. The van der Waals surface area contributed by atoms with E-state index >= 15 is 0 Å². The number of hydrogen-bond acceptors (Lipinski definition) is 5. The molecule has 460 valence electrons. The smallest absolute Gasteiger partial charge is 0.306 e. The van der Waals surface area contributed by atoms with Crippen LogP contribution in [0.3, 0.4) is 0 Å². The molecule has 0 spiro atoms. The predicted molar refractivity (Wildman–Crippen MR) is 350 cm³/mol. The van der Waals surface area contributed by atoms with Gasteiger partial charge in [0.15, 0.2) is 0 Å². The van der Waals surface area contributed by atoms with Crippen LogP contribution in [0, 0.1) is 64.1 Å². The summed E-state index contributed by atoms with van der Waals surface area (Å²) in [5.41, 5.74) is 9.49. The Labute approximate surface area is 498 Å². The number of rotatable bonds is 29. The van der Waals surface area contributed by atoms with Crippen molar-refractivity contribution in [2.24, 2.45) is 64.1 Å². The van der Waals surface area contributed by atoms with Gasteiger partial charge in [-0.1, -0.05) is 207 Å². The highest BCUT2D eigenvalue weighted by atomic mass is 16.5. The lowest BCUT2D eigenvalue weighted by atomic mass is 9.60. The van der Waals surface area contributed by atoms with Crippen molar-refractivity contribution in [2.45, 2.75) is 288 Å². The fourth-order valence-corrected chi connectivity index (χ4v) is 16.5. The topological polar surface area (TPSA) is 49.9 Å². The third-order valence-corrected chi connectivity index (χ3v) is 21.2. The summed E-state index contributed by atoms with van der Waals surface area (Å²) in [7, 11) is 8.40. The Kier molecular flexibility index (Phi) is 32.6. The minimum absolute atomic E-state index is 0. The Morgan fingerprint density at radius 3 is 1.48 bits per heavy atom. The summed E-state index contributed by atoms with van der Waals surface area (Å²) >= 11 is 0. The first-order valence-electron chi connectivity index (χ1n) is 33.4. The molecule has 6 saturated carbocycles. The molecule has 6 aliphatic rings. The summed E-state index contributed by atoms with van der Waals surface area (Å²) in [6, 6.07) is 0. The van der Waals surface area contributed by atoms with E-state index < -0.39 is 0 Å². The molecule has 0 N–H and O–H groups in total. The van der Waals surface area contributed by atoms with Crippen LogP contribution in [-0.2, 0) is 14.3 Å². The molecule has 0 aromatic rings. The van der Waals surface area contributed by atoms with E-state index in [-0.39, 0.29) is 32.8 Å². The summed E-state index contributed by atoms with van der Waals surface area (Å²) in [5.74, 6) is 7.26. The molecule has 5 nitrogen and oxygen atoms in total. The zero-order chi connectivity index (χ0) is 56.8. The largest absolute Gasteiger partial charge is 0.462 e. The van der Waals surface area contributed by atoms with Crippen LogP contribution in [0.1, 0.15) is 282 Å². The van der Waals surface area contributed by atoms with Gasteiger partial charge in [0.05, 0.1) is 0 Å². The molecule has 0 heterocycles. The summed E-state index contributed by atoms with van der Waals surface area (Å²) in [4.78, 5) is 29.9. The molecule has 6 aliphatic carbocycles. The van der Waals surface area contributed by atoms with E-state index in [0.29, 0.717) is 23.0 Å². The van der Waals surface area contributed by atoms with Gasteiger partial charge in [-0.25, -0.2) is 0 Å². The van der Waals surface area contributed by atoms with Crippen LogP contribution in [0.5, 0.6) is 0 Å². The molecule has 80 heavy (non-hydrogen) atoms. The van der Waals surface area contributed by atoms with Gasteiger partial charge in [0.25, 0.3) is 0 Å². The molecule has 0 saturated heterocycles. The second-order valence-corrected chi connectivity index (χ2v) is 28.9. The second kappa shape index (κ2) is 36.4. The average molecular weight is 1110 g/mol. The maximum atomic E-state index is 13.1. The van der Waals surface area contributed by atoms with Crippen molar-refractivity contribution in [3.05, 3.63) is 70.9 Å². The molecule has 0 aromatic heterocycles. The first-order chi connectivity index (χ1) is 37.2. The molecular weight excluding hydrogens is 977 g/mol. The SMILES string of the molecule is C.C.C=C1CC[C@H](C(=O)CCCCCCCCCCN(C)C)C/C1=C\C=C1/CCC[C@@]2(C)C1CC[C@@H]2[C@H](C)CCCC(C)C.C=C1CC[C@H](OC(=O)CCCN(C)C)C/C1=C\C=C1/CCC[C@@]2(C)C1CC[C@@H]2[C@H](C)CCCC(C)C. The van der Waals surface area contributed by atoms with Gasteiger partial charge in [0.2, 0.25) is 0 Å². The van der Waals surface area contributed by atoms with Crippen LogP contribution in [0.2, 0.25) is 0 Å². The van der Waals surface area contributed by atoms with Crippen molar-refractivity contribution in [3.8, 4) is 0 Å². The third-order valence-electron chi connectivity index (χ3n) is 21.2. The van der Waals surface area contributed by atoms with Gasteiger partial charge in [-0.05, 0) is 226 Å². The van der Waals surface area contributed by atoms with Gasteiger partial charge in [-0.15, -0.1) is 0 Å². The fourth-order valence-electron chi connectivity index (χ4n) is 16.5. The lowest BCUT2D eigenvalue weighted by molar-refractivity contribution is -0.149. The maximum Gasteiger partial charge on any atom is 0.306 e. The van der Waals surface area contributed by atoms with Gasteiger partial charge < -0.3 is 14.5 Å². The number of ether oxygens (including phenoxy) is 1. The van der Waals surface area contributed by atoms with E-state index in [9.17, 15) is 9.59 Å². The molecule has 0 bridgehead atoms. The number of esters is 1. The molecule has 0 aliphatic heterocycles. The Balaban J connectivity index is 0.000000414. The fraction of sp³-hybridized carbons (Fsp3) is 0.813. The molecule has 6 rings (SSSR count). The number of unbranched alkanes of at least 4 members (excludes halogenated alkanes) is 7. The Morgan fingerprint density at radius 2 is 0.988 bits per heavy atom. The number of Topliss-reactive ketones (excluding diaryl/α,β-unsaturated/α-hetero) is 1. The molecule has 0 amide bonds. The lowest BCUT2D eigenvalue weighted by Crippen LogP contribution is -2.36. The highest BCUT2D eigenvalue weighted by molar-refractivity contribution is 5.81. The first kappa shape index (κ1) is 71.8. The van der Waals surface area contributed by atoms with Crippen LogP contribution in [0.25, 0.3) is 0 Å². The number of fused-ring (bicyclic) bond motifs is 2. The molecule has 0 radical (unpaired) electrons. The van der Waals surface area contributed by atoms with Gasteiger partial charge in [-0.2, -0.15) is 0 Å². The monoisotopic (exact) mass is 1110 g/mol. The summed E-state index contributed by atoms with van der Waals surface area (Å²) < 4.78 is 5.86. The van der Waals surface area contributed by atoms with Crippen LogP contribution in [0.4, 0.5) is 0 Å². The summed E-state index contributed by atoms with van der Waals surface area (Å²) in [6.45, 7) is 30.7. The summed E-state index contributed by atoms with van der Waals surface area (Å²) in [5, 5.41) is 0. The van der Waals surface area contributed by atoms with Crippen LogP contribution in [0.15, 0.2) is 70.9 Å². The minimum atomic E-state index is -0.0466. The van der Waals surface area contributed by atoms with E-state index in [0.717, 1.165) is 112 Å². The highest BCUT2D eigenvalue weighted by Gasteiger charge is 2.51. The molecule has 2 unspecified atom stereocenters. The zero-order valence-electron chi connectivity index (χ0n) is 53.4. The summed E-state index contributed by atoms with van der Waals surface area (Å²) in [6.07, 6.45) is 49.6. The Morgan fingerprint density at radius 1 is 0.537 bits per heavy atom. The number of hydrogen-bond donors (Lipinski definition) is 0. The Hall–Kier alpha value is -2.50. The van der Waals surface area contributed by atoms with Crippen LogP contribution < -0.4 is 0 Å². The van der Waals surface area contributed by atoms with E-state index in [1.165, 1.54) is 177 Å². The molecular formula is C75H132N2O3. The number of allylic oxidation sites excluding steroid dienone is 9. The van der Waals surface area contributed by atoms with Crippen molar-refractivity contribution >= 4 is 11.8 Å². The van der Waals surface area contributed by atoms with Crippen LogP contribution >= 0.6 is 0 Å². The lowest BCUT2D eigenvalue weighted by Gasteiger charge is -2.44. The first-order valence-corrected chi connectivity index (χ1v) is 33.4. The van der Waals surface area contributed by atoms with E-state index in [4.69, 9.17) is 4.74 Å². The number of carbonyl (C=O) groups excluding carboxylic acids is 2. The predicted octanol–water partition coefficient (Wildman–Crippen LogP) is 21.3. The molecule has 0 aromatic carbocycles. The van der Waals surface area contributed by atoms with Crippen molar-refractivity contribution in [1.29, 1.82) is 0 Å². The van der Waals surface area contributed by atoms with Crippen molar-refractivity contribution in [2.75, 3.05) is 41.3 Å². The van der Waals surface area contributed by atoms with E-state index in [2.05, 4.69) is 117 Å². The van der Waals surface area contributed by atoms with Gasteiger partial charge >= 0.3 is 5.97 Å². The average Bonchev–Trinajstić information content (AvgIpc) is 3.97. The van der Waals surface area contributed by atoms with Gasteiger partial charge in [-0.3, -0.25) is 9.59 Å². The van der Waals surface area contributed by atoms with Crippen molar-refractivity contribution < 1.29 is 14.3 Å². The number of nitrogens with zero attached hydrogens (tertiary/aromatic N) is 2. The van der Waals surface area contributed by atoms with Gasteiger partial charge in [0.1, 0.15) is 11.9 Å². The quantitative estimate of drug-likeness (QED) is 0.0552. The Bertz CT molecular complexity index is 1980. The van der Waals surface area contributed by atoms with Gasteiger partial charge in [0, 0.05) is 25.2 Å². The standard InChI is InChI=1S/C40H69NO.C33H55NO2.2CH4/c1-31(2)18-16-19-33(4)37-26-27-38-34(20-17-28-40(37,38)5)24-25-35-30-36(23-22-32(35)3)39(42)21-14-12-10-8-9-11-13-15-29-41(6)7;1-24(2)11-8-12-26(4)30-19-20-31-27(13-9-21-33(30,31)5)16-17-28-23-29(18-15-25(28)3)36-32(35)14-10-22-34(6)7;;/h24-25,31,33,36-38H,3,8-23,26-30H2,1-2,4-7H3;16-17,24,26,29-31H,3,8-15,18-23H2,1-2,4-7H3;2*1H4/b34-24+,35-25+;27-16+,28-17+;;/t33-,36+,37-,38?,40-;26-,29+,30-,31?,33-;;/m11../s1. The highest BCUT2D eigenvalue weighted by Crippen LogP contribution is 2.61. The molecule has 10 atom stereocenters. The van der Waals surface area contributed by atoms with E-state index in [1.54, 1.807) is 11.1 Å². The number of ketones is 1. The molecule has 6 fully saturated rings. The van der Waals surface area contributed by atoms with E-state index in [1.807, 2.05) is 14.1 Å².